The van der Waals surface area contributed by atoms with E-state index in [0.29, 0.717) is 12.1 Å². The van der Waals surface area contributed by atoms with Gasteiger partial charge in [0.2, 0.25) is 0 Å². The second-order valence-corrected chi connectivity index (χ2v) is 8.16. The normalized spacial score (nSPS) is 18.9. The van der Waals surface area contributed by atoms with Crippen molar-refractivity contribution >= 4 is 10.9 Å². The van der Waals surface area contributed by atoms with Crippen molar-refractivity contribution in [3.8, 4) is 5.75 Å². The molecular weight excluding hydrogens is 372 g/mol. The molecular formula is C23H25F2N3O. The van der Waals surface area contributed by atoms with Crippen molar-refractivity contribution in [1.29, 1.82) is 0 Å². The third-order valence-corrected chi connectivity index (χ3v) is 6.55. The summed E-state index contributed by atoms with van der Waals surface area (Å²) in [5.41, 5.74) is 4.29. The Balaban J connectivity index is 1.38. The summed E-state index contributed by atoms with van der Waals surface area (Å²) in [7, 11) is 1.69. The average molecular weight is 397 g/mol. The fourth-order valence-electron chi connectivity index (χ4n) is 4.96. The lowest BCUT2D eigenvalue weighted by Gasteiger charge is -2.45. The molecule has 0 saturated carbocycles. The molecule has 1 saturated heterocycles. The maximum Gasteiger partial charge on any atom is 0.130 e. The Bertz CT molecular complexity index is 1050. The predicted molar refractivity (Wildman–Crippen MR) is 109 cm³/mol. The lowest BCUT2D eigenvalue weighted by molar-refractivity contribution is 0.120. The zero-order chi connectivity index (χ0) is 20.0. The zero-order valence-corrected chi connectivity index (χ0v) is 16.5. The first-order chi connectivity index (χ1) is 14.1. The van der Waals surface area contributed by atoms with Gasteiger partial charge in [-0.05, 0) is 43.0 Å². The van der Waals surface area contributed by atoms with E-state index in [1.807, 2.05) is 6.07 Å². The van der Waals surface area contributed by atoms with Crippen molar-refractivity contribution in [2.75, 3.05) is 26.7 Å². The lowest BCUT2D eigenvalue weighted by atomic mass is 9.79. The minimum Gasteiger partial charge on any atom is -0.497 e. The number of aromatic amines is 1. The van der Waals surface area contributed by atoms with Crippen LogP contribution in [0.3, 0.4) is 0 Å². The highest BCUT2D eigenvalue weighted by atomic mass is 19.1. The van der Waals surface area contributed by atoms with Crippen LogP contribution in [0.1, 0.15) is 29.7 Å². The van der Waals surface area contributed by atoms with E-state index in [9.17, 15) is 8.78 Å². The van der Waals surface area contributed by atoms with Crippen molar-refractivity contribution in [2.45, 2.75) is 31.3 Å². The first kappa shape index (κ1) is 18.6. The van der Waals surface area contributed by atoms with Crippen LogP contribution in [-0.2, 0) is 18.5 Å². The number of halogens is 2. The summed E-state index contributed by atoms with van der Waals surface area (Å²) in [6.07, 6.45) is 2.91. The largest absolute Gasteiger partial charge is 0.497 e. The van der Waals surface area contributed by atoms with E-state index in [1.165, 1.54) is 22.7 Å². The number of H-pyrrole nitrogens is 1. The number of hydrogen-bond acceptors (Lipinski definition) is 3. The molecule has 0 atom stereocenters. The SMILES string of the molecule is COc1ccc2c3c([nH]c2c1)C1(CCN(Cc2ccc(F)cc2F)CC1)NCC3. The third-order valence-electron chi connectivity index (χ3n) is 6.55. The number of hydrogen-bond donors (Lipinski definition) is 2. The molecule has 4 nitrogen and oxygen atoms in total. The van der Waals surface area contributed by atoms with Gasteiger partial charge in [0.1, 0.15) is 17.4 Å². The fourth-order valence-corrected chi connectivity index (χ4v) is 4.96. The average Bonchev–Trinajstić information content (AvgIpc) is 3.11. The van der Waals surface area contributed by atoms with Crippen LogP contribution in [0.25, 0.3) is 10.9 Å². The number of ether oxygens (including phenoxy) is 1. The van der Waals surface area contributed by atoms with Crippen LogP contribution in [0.15, 0.2) is 36.4 Å². The molecule has 1 fully saturated rings. The number of nitrogens with one attached hydrogen (secondary N) is 2. The van der Waals surface area contributed by atoms with E-state index in [4.69, 9.17) is 4.74 Å². The van der Waals surface area contributed by atoms with Crippen LogP contribution in [0.4, 0.5) is 8.78 Å². The van der Waals surface area contributed by atoms with Gasteiger partial charge in [-0.15, -0.1) is 0 Å². The summed E-state index contributed by atoms with van der Waals surface area (Å²) in [6.45, 7) is 3.20. The Morgan fingerprint density at radius 1 is 1.10 bits per heavy atom. The van der Waals surface area contributed by atoms with E-state index in [-0.39, 0.29) is 5.54 Å². The molecule has 1 spiro atoms. The van der Waals surface area contributed by atoms with E-state index in [1.54, 1.807) is 13.2 Å². The number of rotatable bonds is 3. The second-order valence-electron chi connectivity index (χ2n) is 8.16. The third kappa shape index (κ3) is 3.20. The molecule has 2 aromatic carbocycles. The minimum absolute atomic E-state index is 0.0717. The van der Waals surface area contributed by atoms with Gasteiger partial charge in [-0.2, -0.15) is 0 Å². The smallest absolute Gasteiger partial charge is 0.130 e. The maximum atomic E-state index is 14.0. The summed E-state index contributed by atoms with van der Waals surface area (Å²) in [5.74, 6) is -0.139. The number of nitrogens with zero attached hydrogens (tertiary/aromatic N) is 1. The van der Waals surface area contributed by atoms with Gasteiger partial charge >= 0.3 is 0 Å². The quantitative estimate of drug-likeness (QED) is 0.699. The van der Waals surface area contributed by atoms with E-state index < -0.39 is 11.6 Å². The Morgan fingerprint density at radius 2 is 1.93 bits per heavy atom. The molecule has 2 aliphatic rings. The molecule has 0 unspecified atom stereocenters. The number of methoxy groups -OCH3 is 1. The Hall–Kier alpha value is -2.44. The van der Waals surface area contributed by atoms with E-state index >= 15 is 0 Å². The molecule has 0 amide bonds. The Morgan fingerprint density at radius 3 is 2.69 bits per heavy atom. The highest BCUT2D eigenvalue weighted by Crippen LogP contribution is 2.41. The predicted octanol–water partition coefficient (Wildman–Crippen LogP) is 4.09. The molecule has 3 aromatic rings. The lowest BCUT2D eigenvalue weighted by Crippen LogP contribution is -2.54. The molecule has 6 heteroatoms. The molecule has 5 rings (SSSR count). The molecule has 0 radical (unpaired) electrons. The molecule has 0 bridgehead atoms. The van der Waals surface area contributed by atoms with Crippen LogP contribution >= 0.6 is 0 Å². The van der Waals surface area contributed by atoms with Crippen molar-refractivity contribution in [1.82, 2.24) is 15.2 Å². The molecule has 152 valence electrons. The van der Waals surface area contributed by atoms with Crippen LogP contribution in [-0.4, -0.2) is 36.6 Å². The van der Waals surface area contributed by atoms with Gasteiger partial charge in [0, 0.05) is 60.5 Å². The molecule has 3 heterocycles. The van der Waals surface area contributed by atoms with Gasteiger partial charge < -0.3 is 15.0 Å². The van der Waals surface area contributed by atoms with Crippen LogP contribution < -0.4 is 10.1 Å². The van der Waals surface area contributed by atoms with Crippen molar-refractivity contribution in [3.05, 3.63) is 64.9 Å². The van der Waals surface area contributed by atoms with Gasteiger partial charge in [-0.1, -0.05) is 6.07 Å². The van der Waals surface area contributed by atoms with Gasteiger partial charge in [0.15, 0.2) is 0 Å². The molecule has 0 aliphatic carbocycles. The van der Waals surface area contributed by atoms with Crippen LogP contribution in [0, 0.1) is 11.6 Å². The van der Waals surface area contributed by atoms with Crippen molar-refractivity contribution in [2.24, 2.45) is 0 Å². The first-order valence-electron chi connectivity index (χ1n) is 10.2. The number of benzene rings is 2. The number of likely N-dealkylation sites (tertiary alicyclic amines) is 1. The van der Waals surface area contributed by atoms with E-state index in [2.05, 4.69) is 27.3 Å². The highest BCUT2D eigenvalue weighted by Gasteiger charge is 2.41. The summed E-state index contributed by atoms with van der Waals surface area (Å²) in [5, 5.41) is 5.05. The minimum atomic E-state index is -0.529. The van der Waals surface area contributed by atoms with E-state index in [0.717, 1.165) is 56.2 Å². The summed E-state index contributed by atoms with van der Waals surface area (Å²) in [6, 6.07) is 10.1. The van der Waals surface area contributed by atoms with Crippen molar-refractivity contribution < 1.29 is 13.5 Å². The zero-order valence-electron chi connectivity index (χ0n) is 16.5. The monoisotopic (exact) mass is 397 g/mol. The van der Waals surface area contributed by atoms with Crippen LogP contribution in [0.5, 0.6) is 5.75 Å². The molecule has 29 heavy (non-hydrogen) atoms. The number of aromatic nitrogens is 1. The standard InChI is InChI=1S/C23H25F2N3O/c1-29-17-4-5-18-19-6-9-26-23(22(19)27-21(18)13-17)7-10-28(11-8-23)14-15-2-3-16(24)12-20(15)25/h2-5,12-13,26-27H,6-11,14H2,1H3. The Labute approximate surface area is 168 Å². The Kier molecular flexibility index (Phi) is 4.56. The van der Waals surface area contributed by atoms with Gasteiger partial charge in [-0.25, -0.2) is 8.78 Å². The summed E-state index contributed by atoms with van der Waals surface area (Å²) < 4.78 is 32.6. The van der Waals surface area contributed by atoms with Gasteiger partial charge in [-0.3, -0.25) is 4.90 Å². The van der Waals surface area contributed by atoms with Crippen molar-refractivity contribution in [3.63, 3.8) is 0 Å². The second kappa shape index (κ2) is 7.11. The fraction of sp³-hybridized carbons (Fsp3) is 0.391. The first-order valence-corrected chi connectivity index (χ1v) is 10.2. The number of fused-ring (bicyclic) bond motifs is 4. The summed E-state index contributed by atoms with van der Waals surface area (Å²) in [4.78, 5) is 5.92. The maximum absolute atomic E-state index is 14.0. The molecule has 2 N–H and O–H groups in total. The molecule has 2 aliphatic heterocycles. The van der Waals surface area contributed by atoms with Gasteiger partial charge in [0.25, 0.3) is 0 Å². The van der Waals surface area contributed by atoms with Crippen LogP contribution in [0.2, 0.25) is 0 Å². The highest BCUT2D eigenvalue weighted by molar-refractivity contribution is 5.86. The molecule has 1 aromatic heterocycles. The topological polar surface area (TPSA) is 40.3 Å². The summed E-state index contributed by atoms with van der Waals surface area (Å²) >= 11 is 0. The number of piperidine rings is 1. The van der Waals surface area contributed by atoms with Gasteiger partial charge in [0.05, 0.1) is 12.6 Å².